The number of carbonyl (C=O) groups excluding carboxylic acids is 6. The first-order valence-corrected chi connectivity index (χ1v) is 24.8. The van der Waals surface area contributed by atoms with E-state index in [0.29, 0.717) is 59.4 Å². The maximum absolute atomic E-state index is 13.1. The Hall–Kier alpha value is -4.34. The number of amides is 5. The highest BCUT2D eigenvalue weighted by atomic mass is 35.5. The van der Waals surface area contributed by atoms with Gasteiger partial charge in [0.2, 0.25) is 11.8 Å². The van der Waals surface area contributed by atoms with Crippen LogP contribution in [0.25, 0.3) is 0 Å². The monoisotopic (exact) mass is 996 g/mol. The predicted molar refractivity (Wildman–Crippen MR) is 253 cm³/mol. The fourth-order valence-electron chi connectivity index (χ4n) is 7.57. The SMILES string of the molecule is CC1CC(=O)N(OC(=O)CCCSSC(C)(C)CCC(=O)N(C)[C@@H](C)C(=O)O)C1=O.COc1cc2cc(c1Cl)N(C)C(=O)CCC1(C)OC1CC1C[C@@](O)(NC(=O)O1)[C@H](OC)/C=C/C=C(\C)C2. The molecule has 7 atom stereocenters. The number of aliphatic carboxylic acids is 1. The zero-order valence-corrected chi connectivity index (χ0v) is 42.3. The average molecular weight is 998 g/mol. The molecule has 0 aliphatic carbocycles. The van der Waals surface area contributed by atoms with E-state index in [4.69, 9.17) is 40.5 Å². The lowest BCUT2D eigenvalue weighted by Gasteiger charge is -2.40. The summed E-state index contributed by atoms with van der Waals surface area (Å²) >= 11 is 6.59. The number of halogens is 1. The van der Waals surface area contributed by atoms with Crippen LogP contribution in [-0.2, 0) is 54.2 Å². The molecule has 0 aromatic heterocycles. The summed E-state index contributed by atoms with van der Waals surface area (Å²) in [5.41, 5.74) is 0.349. The highest BCUT2D eigenvalue weighted by Gasteiger charge is 2.55. The van der Waals surface area contributed by atoms with Crippen molar-refractivity contribution in [1.82, 2.24) is 15.3 Å². The number of hydrogen-bond acceptors (Lipinski definition) is 15. The quantitative estimate of drug-likeness (QED) is 0.0793. The molecule has 3 saturated heterocycles. The predicted octanol–water partition coefficient (Wildman–Crippen LogP) is 6.39. The van der Waals surface area contributed by atoms with E-state index in [-0.39, 0.29) is 54.8 Å². The number of carbonyl (C=O) groups is 7. The molecule has 0 spiro atoms. The summed E-state index contributed by atoms with van der Waals surface area (Å²) in [5, 5.41) is 23.7. The van der Waals surface area contributed by atoms with Crippen LogP contribution in [0.3, 0.4) is 0 Å². The Labute approximate surface area is 405 Å². The van der Waals surface area contributed by atoms with Gasteiger partial charge in [-0.3, -0.25) is 24.5 Å². The first-order chi connectivity index (χ1) is 31.3. The van der Waals surface area contributed by atoms with Gasteiger partial charge >= 0.3 is 18.0 Å². The lowest BCUT2D eigenvalue weighted by molar-refractivity contribution is -0.198. The highest BCUT2D eigenvalue weighted by Crippen LogP contribution is 2.45. The van der Waals surface area contributed by atoms with Crippen molar-refractivity contribution in [2.24, 2.45) is 5.92 Å². The number of rotatable bonds is 14. The number of likely N-dealkylation sites (N-methyl/N-ethyl adjacent to an activating group) is 1. The highest BCUT2D eigenvalue weighted by molar-refractivity contribution is 8.77. The van der Waals surface area contributed by atoms with E-state index in [9.17, 15) is 38.7 Å². The van der Waals surface area contributed by atoms with Gasteiger partial charge in [0.05, 0.1) is 24.5 Å². The minimum atomic E-state index is -1.64. The van der Waals surface area contributed by atoms with E-state index in [1.54, 1.807) is 59.7 Å². The second-order valence-corrected chi connectivity index (χ2v) is 21.6. The van der Waals surface area contributed by atoms with Crippen molar-refractivity contribution in [2.75, 3.05) is 39.0 Å². The number of methoxy groups -OCH3 is 2. The van der Waals surface area contributed by atoms with Crippen LogP contribution in [0.2, 0.25) is 5.02 Å². The summed E-state index contributed by atoms with van der Waals surface area (Å²) in [4.78, 5) is 91.4. The number of epoxide rings is 1. The number of allylic oxidation sites excluding steroid dienone is 3. The molecular formula is C46H65ClN4O14S2. The number of anilines is 1. The number of benzene rings is 1. The lowest BCUT2D eigenvalue weighted by Crippen LogP contribution is -2.62. The van der Waals surface area contributed by atoms with Gasteiger partial charge < -0.3 is 43.8 Å². The van der Waals surface area contributed by atoms with Crippen molar-refractivity contribution < 1.29 is 67.6 Å². The topological polar surface area (TPSA) is 231 Å². The summed E-state index contributed by atoms with van der Waals surface area (Å²) in [6.07, 6.45) is 6.47. The lowest BCUT2D eigenvalue weighted by atomic mass is 9.91. The third kappa shape index (κ3) is 15.3. The third-order valence-electron chi connectivity index (χ3n) is 12.1. The van der Waals surface area contributed by atoms with Gasteiger partial charge in [-0.25, -0.2) is 14.4 Å². The molecule has 67 heavy (non-hydrogen) atoms. The number of carboxylic acids is 1. The molecule has 4 heterocycles. The molecule has 372 valence electrons. The van der Waals surface area contributed by atoms with E-state index in [0.717, 1.165) is 11.1 Å². The second-order valence-electron chi connectivity index (χ2n) is 18.1. The number of nitrogens with one attached hydrogen (secondary N) is 1. The molecule has 3 fully saturated rings. The number of nitrogens with zero attached hydrogens (tertiary/aromatic N) is 3. The Bertz CT molecular complexity index is 2090. The molecule has 5 rings (SSSR count). The van der Waals surface area contributed by atoms with Crippen molar-refractivity contribution >= 4 is 80.5 Å². The van der Waals surface area contributed by atoms with Gasteiger partial charge in [0.15, 0.2) is 5.72 Å². The van der Waals surface area contributed by atoms with E-state index < -0.39 is 65.3 Å². The Morgan fingerprint density at radius 3 is 2.46 bits per heavy atom. The van der Waals surface area contributed by atoms with Crippen molar-refractivity contribution in [3.63, 3.8) is 0 Å². The van der Waals surface area contributed by atoms with Gasteiger partial charge in [0, 0.05) is 76.1 Å². The van der Waals surface area contributed by atoms with Crippen LogP contribution in [-0.4, -0.2) is 136 Å². The second kappa shape index (κ2) is 23.8. The summed E-state index contributed by atoms with van der Waals surface area (Å²) < 4.78 is 22.2. The number of fused-ring (bicyclic) bond motifs is 5. The molecule has 4 bridgehead atoms. The summed E-state index contributed by atoms with van der Waals surface area (Å²) in [6.45, 7) is 11.0. The molecule has 0 radical (unpaired) electrons. The van der Waals surface area contributed by atoms with Crippen LogP contribution in [0.15, 0.2) is 35.9 Å². The fourth-order valence-corrected chi connectivity index (χ4v) is 10.5. The number of aliphatic hydroxyl groups is 1. The summed E-state index contributed by atoms with van der Waals surface area (Å²) in [7, 11) is 9.36. The number of hydrogen-bond donors (Lipinski definition) is 3. The van der Waals surface area contributed by atoms with Crippen LogP contribution in [0.4, 0.5) is 10.5 Å². The van der Waals surface area contributed by atoms with Crippen LogP contribution in [0.1, 0.15) is 105 Å². The molecule has 1 aromatic rings. The maximum atomic E-state index is 13.1. The molecule has 4 aliphatic heterocycles. The van der Waals surface area contributed by atoms with E-state index in [1.807, 2.05) is 45.9 Å². The molecule has 3 N–H and O–H groups in total. The van der Waals surface area contributed by atoms with Gasteiger partial charge in [0.1, 0.15) is 29.0 Å². The molecule has 0 saturated carbocycles. The van der Waals surface area contributed by atoms with Gasteiger partial charge in [-0.1, -0.05) is 63.9 Å². The van der Waals surface area contributed by atoms with Gasteiger partial charge in [0.25, 0.3) is 11.8 Å². The minimum absolute atomic E-state index is 0.0567. The molecule has 4 aliphatic rings. The van der Waals surface area contributed by atoms with Crippen molar-refractivity contribution in [3.05, 3.63) is 46.5 Å². The van der Waals surface area contributed by atoms with Gasteiger partial charge in [-0.05, 0) is 78.0 Å². The zero-order valence-electron chi connectivity index (χ0n) is 39.9. The summed E-state index contributed by atoms with van der Waals surface area (Å²) in [6, 6.07) is 2.89. The number of hydroxylamine groups is 2. The third-order valence-corrected chi connectivity index (χ3v) is 15.9. The van der Waals surface area contributed by atoms with Crippen molar-refractivity contribution in [2.45, 2.75) is 146 Å². The van der Waals surface area contributed by atoms with Crippen molar-refractivity contribution in [3.8, 4) is 5.75 Å². The Kier molecular flexibility index (Phi) is 19.6. The molecule has 5 amide bonds. The molecular weight excluding hydrogens is 932 g/mol. The van der Waals surface area contributed by atoms with Crippen LogP contribution >= 0.6 is 33.2 Å². The molecule has 18 nitrogen and oxygen atoms in total. The Morgan fingerprint density at radius 1 is 1.13 bits per heavy atom. The number of alkyl carbamates (subject to hydrolysis) is 1. The molecule has 1 aromatic carbocycles. The largest absolute Gasteiger partial charge is 0.495 e. The van der Waals surface area contributed by atoms with Crippen LogP contribution in [0.5, 0.6) is 5.75 Å². The normalized spacial score (nSPS) is 27.3. The van der Waals surface area contributed by atoms with Gasteiger partial charge in [-0.2, -0.15) is 0 Å². The maximum Gasteiger partial charge on any atom is 0.409 e. The fraction of sp³-hybridized carbons (Fsp3) is 0.630. The van der Waals surface area contributed by atoms with Gasteiger partial charge in [-0.15, -0.1) is 5.06 Å². The van der Waals surface area contributed by atoms with E-state index in [1.165, 1.54) is 26.0 Å². The first kappa shape index (κ1) is 55.3. The smallest absolute Gasteiger partial charge is 0.409 e. The molecule has 21 heteroatoms. The summed E-state index contributed by atoms with van der Waals surface area (Å²) in [5.74, 6) is -2.27. The Balaban J connectivity index is 0.000000300. The first-order valence-electron chi connectivity index (χ1n) is 22.1. The van der Waals surface area contributed by atoms with Crippen molar-refractivity contribution in [1.29, 1.82) is 0 Å². The van der Waals surface area contributed by atoms with E-state index >= 15 is 0 Å². The zero-order chi connectivity index (χ0) is 50.0. The minimum Gasteiger partial charge on any atom is -0.495 e. The molecule has 4 unspecified atom stereocenters. The van der Waals surface area contributed by atoms with Crippen LogP contribution in [0, 0.1) is 5.92 Å². The van der Waals surface area contributed by atoms with Crippen LogP contribution < -0.4 is 15.0 Å². The number of ether oxygens (including phenoxy) is 4. The number of carboxylic acid groups (broad SMARTS) is 1. The number of imide groups is 1. The standard InChI is InChI=1S/C27H35ClN2O7.C19H30N2O7S2/c1-16-7-6-8-21(35-5)27(33)15-18(36-25(32)29-27)14-22-26(2,37-22)10-9-23(31)30(3)19-12-17(11-16)13-20(34-4)24(19)28;1-12-11-15(23)21(17(12)25)28-16(24)7-6-10-29-30-19(3,4)9-8-14(22)20(5)13(2)18(26)27/h6-8,12-13,18,21-22,33H,9-11,14-15H2,1-5H3,(H,29,32);12-13H,6-11H2,1-5H3,(H,26,27)/b8-6+,16-7+;/t18?,21-,22?,26?,27+;12?,13-/m10/s1. The average Bonchev–Trinajstić information content (AvgIpc) is 3.83. The van der Waals surface area contributed by atoms with E-state index in [2.05, 4.69) is 5.32 Å². The Morgan fingerprint density at radius 2 is 1.84 bits per heavy atom.